The van der Waals surface area contributed by atoms with Crippen molar-refractivity contribution in [3.05, 3.63) is 0 Å². The minimum Gasteiger partial charge on any atom is -0.481 e. The number of carbonyl (C=O) groups is 3. The predicted octanol–water partition coefficient (Wildman–Crippen LogP) is 0.302. The number of nitrogens with zero attached hydrogens (tertiary/aromatic N) is 1. The van der Waals surface area contributed by atoms with Gasteiger partial charge >= 0.3 is 18.0 Å². The molecule has 0 aliphatic carbocycles. The molecule has 0 rings (SSSR count). The van der Waals surface area contributed by atoms with Gasteiger partial charge in [0.05, 0.1) is 13.5 Å². The van der Waals surface area contributed by atoms with Crippen molar-refractivity contribution in [2.24, 2.45) is 5.92 Å². The summed E-state index contributed by atoms with van der Waals surface area (Å²) < 4.78 is 4.46. The molecule has 0 aromatic rings. The van der Waals surface area contributed by atoms with Crippen LogP contribution in [0.4, 0.5) is 4.79 Å². The minimum atomic E-state index is -0.893. The summed E-state index contributed by atoms with van der Waals surface area (Å²) in [6.45, 7) is 2.28. The second-order valence-electron chi connectivity index (χ2n) is 4.14. The quantitative estimate of drug-likeness (QED) is 0.642. The van der Waals surface area contributed by atoms with Crippen molar-refractivity contribution in [3.63, 3.8) is 0 Å². The maximum absolute atomic E-state index is 11.5. The lowest BCUT2D eigenvalue weighted by Crippen LogP contribution is -2.40. The van der Waals surface area contributed by atoms with Crippen LogP contribution in [-0.4, -0.2) is 55.2 Å². The Morgan fingerprint density at radius 2 is 2.00 bits per heavy atom. The van der Waals surface area contributed by atoms with Gasteiger partial charge in [0.1, 0.15) is 0 Å². The molecule has 2 N–H and O–H groups in total. The number of amides is 2. The Morgan fingerprint density at radius 1 is 1.39 bits per heavy atom. The van der Waals surface area contributed by atoms with Gasteiger partial charge in [0.2, 0.25) is 0 Å². The molecule has 0 aliphatic rings. The lowest BCUT2D eigenvalue weighted by molar-refractivity contribution is -0.141. The third-order valence-electron chi connectivity index (χ3n) is 2.35. The van der Waals surface area contributed by atoms with Gasteiger partial charge in [0, 0.05) is 26.6 Å². The zero-order chi connectivity index (χ0) is 14.1. The van der Waals surface area contributed by atoms with Gasteiger partial charge in [-0.05, 0) is 5.92 Å². The third-order valence-corrected chi connectivity index (χ3v) is 2.35. The van der Waals surface area contributed by atoms with E-state index in [-0.39, 0.29) is 43.8 Å². The number of carboxylic acid groups (broad SMARTS) is 1. The molecule has 7 nitrogen and oxygen atoms in total. The van der Waals surface area contributed by atoms with Gasteiger partial charge in [0.15, 0.2) is 0 Å². The van der Waals surface area contributed by atoms with E-state index in [2.05, 4.69) is 10.1 Å². The van der Waals surface area contributed by atoms with Crippen LogP contribution in [0.15, 0.2) is 0 Å². The highest BCUT2D eigenvalue weighted by atomic mass is 16.5. The van der Waals surface area contributed by atoms with E-state index in [4.69, 9.17) is 5.11 Å². The molecule has 0 aromatic carbocycles. The molecule has 0 aromatic heterocycles. The molecule has 0 radical (unpaired) electrons. The largest absolute Gasteiger partial charge is 0.481 e. The van der Waals surface area contributed by atoms with Crippen LogP contribution in [0.5, 0.6) is 0 Å². The number of hydrogen-bond donors (Lipinski definition) is 2. The highest BCUT2D eigenvalue weighted by Gasteiger charge is 2.13. The van der Waals surface area contributed by atoms with E-state index in [1.165, 1.54) is 12.0 Å². The Balaban J connectivity index is 3.87. The van der Waals surface area contributed by atoms with Gasteiger partial charge in [-0.25, -0.2) is 4.79 Å². The van der Waals surface area contributed by atoms with Crippen molar-refractivity contribution in [2.75, 3.05) is 27.2 Å². The maximum atomic E-state index is 11.5. The fourth-order valence-corrected chi connectivity index (χ4v) is 1.23. The second-order valence-corrected chi connectivity index (χ2v) is 4.14. The van der Waals surface area contributed by atoms with E-state index < -0.39 is 5.97 Å². The van der Waals surface area contributed by atoms with Gasteiger partial charge in [0.25, 0.3) is 0 Å². The third kappa shape index (κ3) is 7.48. The van der Waals surface area contributed by atoms with E-state index in [9.17, 15) is 14.4 Å². The van der Waals surface area contributed by atoms with Crippen LogP contribution < -0.4 is 5.32 Å². The van der Waals surface area contributed by atoms with Crippen LogP contribution in [0, 0.1) is 5.92 Å². The molecule has 0 bridgehead atoms. The van der Waals surface area contributed by atoms with Crippen molar-refractivity contribution >= 4 is 18.0 Å². The van der Waals surface area contributed by atoms with Crippen molar-refractivity contribution in [2.45, 2.75) is 19.8 Å². The van der Waals surface area contributed by atoms with Crippen molar-refractivity contribution in [1.82, 2.24) is 10.2 Å². The molecule has 1 unspecified atom stereocenters. The number of aliphatic carboxylic acids is 1. The second kappa shape index (κ2) is 8.32. The molecule has 0 spiro atoms. The molecule has 18 heavy (non-hydrogen) atoms. The van der Waals surface area contributed by atoms with E-state index in [0.717, 1.165) is 0 Å². The number of methoxy groups -OCH3 is 1. The minimum absolute atomic E-state index is 0.00611. The van der Waals surface area contributed by atoms with Crippen LogP contribution in [0.25, 0.3) is 0 Å². The number of ether oxygens (including phenoxy) is 1. The molecule has 0 saturated carbocycles. The standard InChI is InChI=1S/C11H20N2O5/c1-8(6-9(14)15)7-12-11(17)13(2)5-4-10(16)18-3/h8H,4-7H2,1-3H3,(H,12,17)(H,14,15). The van der Waals surface area contributed by atoms with E-state index in [0.29, 0.717) is 0 Å². The van der Waals surface area contributed by atoms with Crippen LogP contribution in [0.3, 0.4) is 0 Å². The van der Waals surface area contributed by atoms with Crippen molar-refractivity contribution in [3.8, 4) is 0 Å². The number of urea groups is 1. The Bertz CT molecular complexity index is 306. The topological polar surface area (TPSA) is 95.9 Å². The molecule has 0 aliphatic heterocycles. The van der Waals surface area contributed by atoms with Gasteiger partial charge in [-0.2, -0.15) is 0 Å². The summed E-state index contributed by atoms with van der Waals surface area (Å²) >= 11 is 0. The van der Waals surface area contributed by atoms with Crippen LogP contribution in [0.1, 0.15) is 19.8 Å². The Hall–Kier alpha value is -1.79. The summed E-state index contributed by atoms with van der Waals surface area (Å²) in [5.41, 5.74) is 0. The molecule has 104 valence electrons. The average molecular weight is 260 g/mol. The summed E-state index contributed by atoms with van der Waals surface area (Å²) in [6, 6.07) is -0.337. The lowest BCUT2D eigenvalue weighted by Gasteiger charge is -2.18. The van der Waals surface area contributed by atoms with E-state index in [1.807, 2.05) is 0 Å². The summed E-state index contributed by atoms with van der Waals surface area (Å²) in [4.78, 5) is 34.2. The molecule has 2 amide bonds. The average Bonchev–Trinajstić information content (AvgIpc) is 2.31. The molecule has 7 heteroatoms. The SMILES string of the molecule is COC(=O)CCN(C)C(=O)NCC(C)CC(=O)O. The first-order valence-corrected chi connectivity index (χ1v) is 5.64. The number of nitrogens with one attached hydrogen (secondary N) is 1. The first-order chi connectivity index (χ1) is 8.36. The molecular formula is C11H20N2O5. The van der Waals surface area contributed by atoms with E-state index in [1.54, 1.807) is 14.0 Å². The Morgan fingerprint density at radius 3 is 2.50 bits per heavy atom. The highest BCUT2D eigenvalue weighted by molar-refractivity contribution is 5.75. The number of carboxylic acids is 1. The molecule has 0 fully saturated rings. The fourth-order valence-electron chi connectivity index (χ4n) is 1.23. The fraction of sp³-hybridized carbons (Fsp3) is 0.727. The van der Waals surface area contributed by atoms with Crippen LogP contribution in [-0.2, 0) is 14.3 Å². The van der Waals surface area contributed by atoms with Crippen LogP contribution in [0.2, 0.25) is 0 Å². The first-order valence-electron chi connectivity index (χ1n) is 5.64. The van der Waals surface area contributed by atoms with Gasteiger partial charge in [-0.1, -0.05) is 6.92 Å². The zero-order valence-corrected chi connectivity index (χ0v) is 10.9. The summed E-state index contributed by atoms with van der Waals surface area (Å²) in [5.74, 6) is -1.41. The van der Waals surface area contributed by atoms with Gasteiger partial charge < -0.3 is 20.1 Å². The summed E-state index contributed by atoms with van der Waals surface area (Å²) in [5, 5.41) is 11.2. The van der Waals surface area contributed by atoms with Gasteiger partial charge in [-0.15, -0.1) is 0 Å². The smallest absolute Gasteiger partial charge is 0.317 e. The van der Waals surface area contributed by atoms with Gasteiger partial charge in [-0.3, -0.25) is 9.59 Å². The van der Waals surface area contributed by atoms with Crippen molar-refractivity contribution < 1.29 is 24.2 Å². The number of esters is 1. The number of carbonyl (C=O) groups excluding carboxylic acids is 2. The van der Waals surface area contributed by atoms with Crippen LogP contribution >= 0.6 is 0 Å². The molecule has 0 saturated heterocycles. The zero-order valence-electron chi connectivity index (χ0n) is 10.9. The first kappa shape index (κ1) is 16.2. The Labute approximate surface area is 106 Å². The summed E-state index contributed by atoms with van der Waals surface area (Å²) in [7, 11) is 2.84. The van der Waals surface area contributed by atoms with Crippen molar-refractivity contribution in [1.29, 1.82) is 0 Å². The lowest BCUT2D eigenvalue weighted by atomic mass is 10.1. The normalized spacial score (nSPS) is 11.5. The molecular weight excluding hydrogens is 240 g/mol. The summed E-state index contributed by atoms with van der Waals surface area (Å²) in [6.07, 6.45) is 0.136. The number of hydrogen-bond acceptors (Lipinski definition) is 4. The maximum Gasteiger partial charge on any atom is 0.317 e. The highest BCUT2D eigenvalue weighted by Crippen LogP contribution is 2.00. The van der Waals surface area contributed by atoms with E-state index >= 15 is 0 Å². The monoisotopic (exact) mass is 260 g/mol. The molecule has 1 atom stereocenters. The predicted molar refractivity (Wildman–Crippen MR) is 64.1 cm³/mol. The number of rotatable bonds is 7. The molecule has 0 heterocycles. The Kier molecular flexibility index (Phi) is 7.50.